The number of carboxylic acids is 1. The number of hydrogen-bond donors (Lipinski definition) is 2. The van der Waals surface area contributed by atoms with Crippen LogP contribution in [0.2, 0.25) is 0 Å². The Balaban J connectivity index is 1.48. The third-order valence-electron chi connectivity index (χ3n) is 5.25. The molecule has 1 fully saturated rings. The van der Waals surface area contributed by atoms with Crippen molar-refractivity contribution in [2.75, 3.05) is 5.32 Å². The Morgan fingerprint density at radius 3 is 2.79 bits per heavy atom. The normalized spacial score (nSPS) is 16.0. The largest absolute Gasteiger partial charge is 0.477 e. The van der Waals surface area contributed by atoms with Crippen LogP contribution < -0.4 is 10.1 Å². The van der Waals surface area contributed by atoms with Crippen LogP contribution >= 0.6 is 11.3 Å². The summed E-state index contributed by atoms with van der Waals surface area (Å²) in [4.78, 5) is 19.6. The average Bonchev–Trinajstić information content (AvgIpc) is 3.10. The maximum atomic E-state index is 11.1. The maximum Gasteiger partial charge on any atom is 0.354 e. The average molecular weight is 398 g/mol. The third-order valence-corrected chi connectivity index (χ3v) is 6.20. The van der Waals surface area contributed by atoms with Crippen LogP contribution in [-0.2, 0) is 0 Å². The van der Waals surface area contributed by atoms with Gasteiger partial charge in [0.25, 0.3) is 0 Å². The molecule has 0 saturated heterocycles. The molecule has 2 heterocycles. The summed E-state index contributed by atoms with van der Waals surface area (Å²) in [5.41, 5.74) is 0.885. The molecule has 6 nitrogen and oxygen atoms in total. The summed E-state index contributed by atoms with van der Waals surface area (Å²) in [5.74, 6) is 0.729. The minimum Gasteiger partial charge on any atom is -0.477 e. The van der Waals surface area contributed by atoms with Crippen LogP contribution in [0.15, 0.2) is 36.5 Å². The van der Waals surface area contributed by atoms with E-state index in [1.165, 1.54) is 44.4 Å². The lowest BCUT2D eigenvalue weighted by molar-refractivity contribution is 0.0690. The summed E-state index contributed by atoms with van der Waals surface area (Å²) >= 11 is 1.61. The molecule has 4 rings (SSSR count). The third kappa shape index (κ3) is 4.25. The van der Waals surface area contributed by atoms with Gasteiger partial charge in [0.2, 0.25) is 0 Å². The molecule has 0 unspecified atom stereocenters. The molecule has 0 bridgehead atoms. The molecule has 2 N–H and O–H groups in total. The van der Waals surface area contributed by atoms with E-state index < -0.39 is 5.97 Å². The van der Waals surface area contributed by atoms with Crippen molar-refractivity contribution in [3.8, 4) is 11.5 Å². The molecular formula is C21H23N3O3S. The molecule has 1 atom stereocenters. The SMILES string of the molecule is C[C@@H](Nc1nc2ccc(Oc3ccnc(C(=O)O)c3)cc2s1)C1CCCCC1. The van der Waals surface area contributed by atoms with Crippen molar-refractivity contribution in [1.82, 2.24) is 9.97 Å². The van der Waals surface area contributed by atoms with Crippen molar-refractivity contribution in [1.29, 1.82) is 0 Å². The van der Waals surface area contributed by atoms with E-state index in [9.17, 15) is 4.79 Å². The van der Waals surface area contributed by atoms with E-state index >= 15 is 0 Å². The predicted octanol–water partition coefficient (Wildman–Crippen LogP) is 5.56. The van der Waals surface area contributed by atoms with Gasteiger partial charge in [0.1, 0.15) is 11.5 Å². The zero-order chi connectivity index (χ0) is 19.5. The van der Waals surface area contributed by atoms with E-state index in [1.807, 2.05) is 18.2 Å². The molecule has 7 heteroatoms. The van der Waals surface area contributed by atoms with Gasteiger partial charge in [0.05, 0.1) is 10.2 Å². The molecule has 1 aliphatic rings. The maximum absolute atomic E-state index is 11.1. The highest BCUT2D eigenvalue weighted by Crippen LogP contribution is 2.33. The van der Waals surface area contributed by atoms with Crippen molar-refractivity contribution in [2.24, 2.45) is 5.92 Å². The van der Waals surface area contributed by atoms with Crippen molar-refractivity contribution < 1.29 is 14.6 Å². The summed E-state index contributed by atoms with van der Waals surface area (Å²) in [6.45, 7) is 2.25. The second kappa shape index (κ2) is 8.14. The number of carboxylic acid groups (broad SMARTS) is 1. The van der Waals surface area contributed by atoms with E-state index in [4.69, 9.17) is 14.8 Å². The van der Waals surface area contributed by atoms with E-state index in [-0.39, 0.29) is 5.69 Å². The van der Waals surface area contributed by atoms with E-state index in [1.54, 1.807) is 17.4 Å². The molecule has 0 spiro atoms. The Labute approximate surface area is 167 Å². The Bertz CT molecular complexity index is 982. The predicted molar refractivity (Wildman–Crippen MR) is 111 cm³/mol. The lowest BCUT2D eigenvalue weighted by Crippen LogP contribution is -2.27. The summed E-state index contributed by atoms with van der Waals surface area (Å²) < 4.78 is 6.85. The van der Waals surface area contributed by atoms with Crippen molar-refractivity contribution in [3.63, 3.8) is 0 Å². The quantitative estimate of drug-likeness (QED) is 0.566. The summed E-state index contributed by atoms with van der Waals surface area (Å²) in [5, 5.41) is 13.6. The number of thiazole rings is 1. The van der Waals surface area contributed by atoms with E-state index in [0.717, 1.165) is 21.3 Å². The van der Waals surface area contributed by atoms with Gasteiger partial charge >= 0.3 is 5.97 Å². The zero-order valence-corrected chi connectivity index (χ0v) is 16.5. The van der Waals surface area contributed by atoms with Crippen molar-refractivity contribution >= 4 is 32.7 Å². The number of aromatic nitrogens is 2. The van der Waals surface area contributed by atoms with Crippen LogP contribution in [0.25, 0.3) is 10.2 Å². The number of fused-ring (bicyclic) bond motifs is 1. The molecule has 3 aromatic rings. The molecule has 0 amide bonds. The van der Waals surface area contributed by atoms with Crippen molar-refractivity contribution in [3.05, 3.63) is 42.2 Å². The van der Waals surface area contributed by atoms with Gasteiger partial charge in [-0.3, -0.25) is 0 Å². The molecule has 28 heavy (non-hydrogen) atoms. The van der Waals surface area contributed by atoms with Gasteiger partial charge in [0, 0.05) is 24.4 Å². The topological polar surface area (TPSA) is 84.3 Å². The number of aromatic carboxylic acids is 1. The van der Waals surface area contributed by atoms with Gasteiger partial charge in [-0.15, -0.1) is 0 Å². The number of carbonyl (C=O) groups is 1. The summed E-state index contributed by atoms with van der Waals surface area (Å²) in [7, 11) is 0. The molecule has 1 saturated carbocycles. The first-order chi connectivity index (χ1) is 13.6. The fourth-order valence-corrected chi connectivity index (χ4v) is 4.70. The highest BCUT2D eigenvalue weighted by atomic mass is 32.1. The number of ether oxygens (including phenoxy) is 1. The number of anilines is 1. The number of benzene rings is 1. The Morgan fingerprint density at radius 1 is 1.21 bits per heavy atom. The molecular weight excluding hydrogens is 374 g/mol. The fraction of sp³-hybridized carbons (Fsp3) is 0.381. The van der Waals surface area contributed by atoms with Gasteiger partial charge in [0.15, 0.2) is 10.8 Å². The molecule has 1 aromatic carbocycles. The number of nitrogens with one attached hydrogen (secondary N) is 1. The number of rotatable bonds is 6. The van der Waals surface area contributed by atoms with Crippen LogP contribution in [-0.4, -0.2) is 27.1 Å². The second-order valence-electron chi connectivity index (χ2n) is 7.26. The van der Waals surface area contributed by atoms with E-state index in [0.29, 0.717) is 17.5 Å². The minimum absolute atomic E-state index is 0.0421. The van der Waals surface area contributed by atoms with Crippen LogP contribution in [0.3, 0.4) is 0 Å². The zero-order valence-electron chi connectivity index (χ0n) is 15.7. The van der Waals surface area contributed by atoms with E-state index in [2.05, 4.69) is 17.2 Å². The molecule has 146 valence electrons. The van der Waals surface area contributed by atoms with Crippen LogP contribution in [0, 0.1) is 5.92 Å². The molecule has 0 aliphatic heterocycles. The van der Waals surface area contributed by atoms with Gasteiger partial charge in [-0.05, 0) is 43.9 Å². The minimum atomic E-state index is -1.08. The fourth-order valence-electron chi connectivity index (χ4n) is 3.70. The number of pyridine rings is 1. The first-order valence-electron chi connectivity index (χ1n) is 9.63. The number of hydrogen-bond acceptors (Lipinski definition) is 6. The number of nitrogens with zero attached hydrogens (tertiary/aromatic N) is 2. The highest BCUT2D eigenvalue weighted by molar-refractivity contribution is 7.22. The van der Waals surface area contributed by atoms with Crippen LogP contribution in [0.4, 0.5) is 5.13 Å². The van der Waals surface area contributed by atoms with Gasteiger partial charge in [-0.2, -0.15) is 0 Å². The first-order valence-corrected chi connectivity index (χ1v) is 10.4. The molecule has 2 aromatic heterocycles. The highest BCUT2D eigenvalue weighted by Gasteiger charge is 2.21. The lowest BCUT2D eigenvalue weighted by Gasteiger charge is -2.28. The Hall–Kier alpha value is -2.67. The van der Waals surface area contributed by atoms with Crippen molar-refractivity contribution in [2.45, 2.75) is 45.1 Å². The standard InChI is InChI=1S/C21H23N3O3S/c1-13(14-5-3-2-4-6-14)23-21-24-17-8-7-15(12-19(17)28-21)27-16-9-10-22-18(11-16)20(25)26/h7-14H,2-6H2,1H3,(H,23,24)(H,25,26)/t13-/m1/s1. The summed E-state index contributed by atoms with van der Waals surface area (Å²) in [6, 6.07) is 9.18. The second-order valence-corrected chi connectivity index (χ2v) is 8.29. The first kappa shape index (κ1) is 18.7. The van der Waals surface area contributed by atoms with Gasteiger partial charge in [-0.1, -0.05) is 30.6 Å². The van der Waals surface area contributed by atoms with Gasteiger partial charge < -0.3 is 15.2 Å². The molecule has 0 radical (unpaired) electrons. The monoisotopic (exact) mass is 397 g/mol. The Morgan fingerprint density at radius 2 is 2.00 bits per heavy atom. The van der Waals surface area contributed by atoms with Crippen LogP contribution in [0.1, 0.15) is 49.5 Å². The van der Waals surface area contributed by atoms with Crippen LogP contribution in [0.5, 0.6) is 11.5 Å². The Kier molecular flexibility index (Phi) is 5.43. The molecule has 1 aliphatic carbocycles. The smallest absolute Gasteiger partial charge is 0.354 e. The lowest BCUT2D eigenvalue weighted by atomic mass is 9.85. The summed E-state index contributed by atoms with van der Waals surface area (Å²) in [6.07, 6.45) is 8.03. The van der Waals surface area contributed by atoms with Gasteiger partial charge in [-0.25, -0.2) is 14.8 Å².